The van der Waals surface area contributed by atoms with Crippen LogP contribution in [0.5, 0.6) is 0 Å². The number of carboxylic acid groups (broad SMARTS) is 1. The molecule has 0 saturated heterocycles. The fraction of sp³-hybridized carbons (Fsp3) is 0.280. The van der Waals surface area contributed by atoms with Gasteiger partial charge in [-0.2, -0.15) is 13.2 Å². The number of aromatic nitrogens is 1. The van der Waals surface area contributed by atoms with Crippen molar-refractivity contribution < 1.29 is 23.1 Å². The molecule has 0 aliphatic heterocycles. The van der Waals surface area contributed by atoms with Gasteiger partial charge in [0.15, 0.2) is 0 Å². The maximum absolute atomic E-state index is 13.2. The number of hydrogen-bond donors (Lipinski definition) is 1. The molecular weight excluding hydrogens is 449 g/mol. The normalized spacial score (nSPS) is 12.7. The lowest BCUT2D eigenvalue weighted by atomic mass is 9.98. The van der Waals surface area contributed by atoms with E-state index < -0.39 is 17.7 Å². The second kappa shape index (κ2) is 10.9. The Morgan fingerprint density at radius 3 is 2.61 bits per heavy atom. The fourth-order valence-electron chi connectivity index (χ4n) is 3.50. The van der Waals surface area contributed by atoms with Gasteiger partial charge in [-0.3, -0.25) is 9.78 Å². The van der Waals surface area contributed by atoms with Crippen molar-refractivity contribution in [1.29, 1.82) is 0 Å². The largest absolute Gasteiger partial charge is 0.481 e. The number of pyridine rings is 1. The number of carboxylic acids is 1. The molecule has 1 unspecified atom stereocenters. The van der Waals surface area contributed by atoms with Gasteiger partial charge in [-0.25, -0.2) is 4.31 Å². The molecule has 0 spiro atoms. The molecule has 3 rings (SSSR count). The van der Waals surface area contributed by atoms with Crippen LogP contribution in [0.25, 0.3) is 11.1 Å². The third-order valence-electron chi connectivity index (χ3n) is 5.29. The van der Waals surface area contributed by atoms with Gasteiger partial charge < -0.3 is 5.11 Å². The monoisotopic (exact) mass is 474 g/mol. The van der Waals surface area contributed by atoms with Crippen LogP contribution in [0, 0.1) is 6.92 Å². The molecule has 0 radical (unpaired) electrons. The van der Waals surface area contributed by atoms with Gasteiger partial charge in [0, 0.05) is 36.3 Å². The predicted molar refractivity (Wildman–Crippen MR) is 124 cm³/mol. The highest BCUT2D eigenvalue weighted by atomic mass is 32.2. The third kappa shape index (κ3) is 6.82. The van der Waals surface area contributed by atoms with Crippen LogP contribution >= 0.6 is 11.9 Å². The van der Waals surface area contributed by atoms with Crippen LogP contribution in [0.2, 0.25) is 0 Å². The average molecular weight is 475 g/mol. The van der Waals surface area contributed by atoms with E-state index in [4.69, 9.17) is 5.11 Å². The first kappa shape index (κ1) is 24.8. The summed E-state index contributed by atoms with van der Waals surface area (Å²) in [7, 11) is 0. The average Bonchev–Trinajstić information content (AvgIpc) is 2.78. The SMILES string of the molecule is Cc1cnccc1-c1cccc(C(C)N(CCCC(=O)O)Sc2cccc(C(F)(F)F)c2)c1. The van der Waals surface area contributed by atoms with Gasteiger partial charge in [-0.15, -0.1) is 0 Å². The van der Waals surface area contributed by atoms with E-state index in [1.807, 2.05) is 42.4 Å². The van der Waals surface area contributed by atoms with E-state index in [9.17, 15) is 18.0 Å². The number of halogens is 3. The van der Waals surface area contributed by atoms with Gasteiger partial charge in [-0.1, -0.05) is 24.3 Å². The molecule has 2 aromatic carbocycles. The molecule has 1 atom stereocenters. The number of nitrogens with zero attached hydrogens (tertiary/aromatic N) is 2. The van der Waals surface area contributed by atoms with Crippen molar-refractivity contribution in [2.24, 2.45) is 0 Å². The Labute approximate surface area is 195 Å². The number of benzene rings is 2. The van der Waals surface area contributed by atoms with Gasteiger partial charge in [0.2, 0.25) is 0 Å². The Balaban J connectivity index is 1.88. The summed E-state index contributed by atoms with van der Waals surface area (Å²) >= 11 is 1.21. The van der Waals surface area contributed by atoms with Crippen molar-refractivity contribution in [2.75, 3.05) is 6.54 Å². The van der Waals surface area contributed by atoms with Gasteiger partial charge in [0.25, 0.3) is 0 Å². The minimum absolute atomic E-state index is 0.0113. The third-order valence-corrected chi connectivity index (χ3v) is 6.48. The molecule has 8 heteroatoms. The molecule has 3 aromatic rings. The lowest BCUT2D eigenvalue weighted by Crippen LogP contribution is -2.22. The first-order valence-corrected chi connectivity index (χ1v) is 11.3. The number of rotatable bonds is 9. The first-order valence-electron chi connectivity index (χ1n) is 10.5. The van der Waals surface area contributed by atoms with Crippen molar-refractivity contribution in [2.45, 2.75) is 43.8 Å². The molecule has 174 valence electrons. The summed E-state index contributed by atoms with van der Waals surface area (Å²) in [6, 6.07) is 15.0. The van der Waals surface area contributed by atoms with E-state index in [2.05, 4.69) is 11.1 Å². The van der Waals surface area contributed by atoms with E-state index >= 15 is 0 Å². The van der Waals surface area contributed by atoms with E-state index in [0.29, 0.717) is 17.9 Å². The van der Waals surface area contributed by atoms with Crippen molar-refractivity contribution in [3.63, 3.8) is 0 Å². The maximum atomic E-state index is 13.2. The Kier molecular flexibility index (Phi) is 8.15. The lowest BCUT2D eigenvalue weighted by molar-refractivity contribution is -0.138. The standard InChI is InChI=1S/C25H25F3N2O2S/c1-17-16-29-12-11-23(17)20-7-3-6-19(14-20)18(2)30(13-5-10-24(31)32)33-22-9-4-8-21(15-22)25(26,27)28/h3-4,6-9,11-12,14-16,18H,5,10,13H2,1-2H3,(H,31,32). The van der Waals surface area contributed by atoms with Crippen LogP contribution in [0.1, 0.15) is 42.5 Å². The van der Waals surface area contributed by atoms with Crippen LogP contribution in [0.15, 0.2) is 71.9 Å². The zero-order valence-electron chi connectivity index (χ0n) is 18.3. The second-order valence-corrected chi connectivity index (χ2v) is 8.87. The van der Waals surface area contributed by atoms with Crippen LogP contribution < -0.4 is 0 Å². The predicted octanol–water partition coefficient (Wildman–Crippen LogP) is 7.01. The Morgan fingerprint density at radius 1 is 1.15 bits per heavy atom. The smallest absolute Gasteiger partial charge is 0.416 e. The summed E-state index contributed by atoms with van der Waals surface area (Å²) < 4.78 is 41.4. The second-order valence-electron chi connectivity index (χ2n) is 7.75. The zero-order valence-corrected chi connectivity index (χ0v) is 19.2. The highest BCUT2D eigenvalue weighted by molar-refractivity contribution is 7.97. The van der Waals surface area contributed by atoms with Crippen molar-refractivity contribution >= 4 is 17.9 Å². The fourth-order valence-corrected chi connectivity index (χ4v) is 4.59. The first-order chi connectivity index (χ1) is 15.6. The quantitative estimate of drug-likeness (QED) is 0.338. The summed E-state index contributed by atoms with van der Waals surface area (Å²) in [5, 5.41) is 9.03. The van der Waals surface area contributed by atoms with E-state index in [0.717, 1.165) is 34.4 Å². The molecule has 0 aliphatic rings. The van der Waals surface area contributed by atoms with Crippen molar-refractivity contribution in [3.05, 3.63) is 83.7 Å². The van der Waals surface area contributed by atoms with Crippen molar-refractivity contribution in [3.8, 4) is 11.1 Å². The molecule has 0 aliphatic carbocycles. The van der Waals surface area contributed by atoms with Crippen LogP contribution in [-0.2, 0) is 11.0 Å². The van der Waals surface area contributed by atoms with Crippen LogP contribution in [0.4, 0.5) is 13.2 Å². The van der Waals surface area contributed by atoms with Gasteiger partial charge in [0.05, 0.1) is 5.56 Å². The highest BCUT2D eigenvalue weighted by Crippen LogP contribution is 2.37. The molecule has 1 aromatic heterocycles. The highest BCUT2D eigenvalue weighted by Gasteiger charge is 2.30. The number of aliphatic carboxylic acids is 1. The zero-order chi connectivity index (χ0) is 24.0. The number of alkyl halides is 3. The summed E-state index contributed by atoms with van der Waals surface area (Å²) in [6.07, 6.45) is -0.516. The summed E-state index contributed by atoms with van der Waals surface area (Å²) in [5.74, 6) is -0.901. The molecule has 4 nitrogen and oxygen atoms in total. The molecular formula is C25H25F3N2O2S. The number of carbonyl (C=O) groups is 1. The number of hydrogen-bond acceptors (Lipinski definition) is 4. The van der Waals surface area contributed by atoms with Gasteiger partial charge in [0.1, 0.15) is 0 Å². The van der Waals surface area contributed by atoms with Crippen LogP contribution in [-0.4, -0.2) is 26.9 Å². The molecule has 1 heterocycles. The topological polar surface area (TPSA) is 53.4 Å². The molecule has 0 fully saturated rings. The Bertz CT molecular complexity index is 1100. The molecule has 0 saturated carbocycles. The molecule has 33 heavy (non-hydrogen) atoms. The minimum Gasteiger partial charge on any atom is -0.481 e. The van der Waals surface area contributed by atoms with Gasteiger partial charge in [-0.05, 0) is 84.8 Å². The lowest BCUT2D eigenvalue weighted by Gasteiger charge is -2.28. The van der Waals surface area contributed by atoms with Crippen molar-refractivity contribution in [1.82, 2.24) is 9.29 Å². The van der Waals surface area contributed by atoms with E-state index in [1.54, 1.807) is 18.5 Å². The Morgan fingerprint density at radius 2 is 1.91 bits per heavy atom. The molecule has 1 N–H and O–H groups in total. The number of aryl methyl sites for hydroxylation is 1. The van der Waals surface area contributed by atoms with E-state index in [-0.39, 0.29) is 12.5 Å². The minimum atomic E-state index is -4.42. The van der Waals surface area contributed by atoms with E-state index in [1.165, 1.54) is 18.0 Å². The molecule has 0 bridgehead atoms. The summed E-state index contributed by atoms with van der Waals surface area (Å²) in [5.41, 5.74) is 3.40. The summed E-state index contributed by atoms with van der Waals surface area (Å²) in [6.45, 7) is 4.37. The maximum Gasteiger partial charge on any atom is 0.416 e. The summed E-state index contributed by atoms with van der Waals surface area (Å²) in [4.78, 5) is 15.6. The molecule has 0 amide bonds. The van der Waals surface area contributed by atoms with Crippen LogP contribution in [0.3, 0.4) is 0 Å². The van der Waals surface area contributed by atoms with Gasteiger partial charge >= 0.3 is 12.1 Å². The Hall–Kier alpha value is -2.84.